The number of amides is 1. The van der Waals surface area contributed by atoms with E-state index in [1.54, 1.807) is 11.3 Å². The summed E-state index contributed by atoms with van der Waals surface area (Å²) in [6, 6.07) is 32.1. The molecular formula is C26H25N2OS+. The number of quaternary nitrogens is 1. The van der Waals surface area contributed by atoms with E-state index >= 15 is 0 Å². The number of benzene rings is 3. The molecule has 0 saturated carbocycles. The van der Waals surface area contributed by atoms with Crippen LogP contribution in [-0.2, 0) is 11.3 Å². The number of hydrogen-bond acceptors (Lipinski definition) is 2. The van der Waals surface area contributed by atoms with Gasteiger partial charge in [0.05, 0.1) is 19.6 Å². The van der Waals surface area contributed by atoms with Crippen molar-refractivity contribution in [3.8, 4) is 0 Å². The lowest BCUT2D eigenvalue weighted by molar-refractivity contribution is -0.970. The number of carbonyl (C=O) groups is 1. The molecule has 4 aromatic rings. The van der Waals surface area contributed by atoms with E-state index in [1.165, 1.54) is 31.0 Å². The number of thiophene rings is 1. The third-order valence-corrected chi connectivity index (χ3v) is 7.09. The fourth-order valence-electron chi connectivity index (χ4n) is 4.39. The summed E-state index contributed by atoms with van der Waals surface area (Å²) in [4.78, 5) is 15.4. The molecule has 1 aromatic heterocycles. The van der Waals surface area contributed by atoms with Crippen LogP contribution in [0.4, 0.5) is 0 Å². The Morgan fingerprint density at radius 2 is 1.50 bits per heavy atom. The lowest BCUT2D eigenvalue weighted by Crippen LogP contribution is -3.20. The predicted molar refractivity (Wildman–Crippen MR) is 123 cm³/mol. The molecule has 1 fully saturated rings. The molecule has 2 N–H and O–H groups in total. The molecule has 1 amide bonds. The first kappa shape index (κ1) is 19.0. The molecule has 0 aliphatic carbocycles. The quantitative estimate of drug-likeness (QED) is 0.495. The van der Waals surface area contributed by atoms with Crippen LogP contribution in [0.3, 0.4) is 0 Å². The number of likely N-dealkylation sites (tertiary alicyclic amines) is 1. The molecule has 4 heteroatoms. The van der Waals surface area contributed by atoms with Gasteiger partial charge in [-0.1, -0.05) is 78.9 Å². The van der Waals surface area contributed by atoms with Gasteiger partial charge in [0.1, 0.15) is 12.0 Å². The molecular weight excluding hydrogens is 388 g/mol. The fraction of sp³-hybridized carbons (Fsp3) is 0.192. The first-order chi connectivity index (χ1) is 14.8. The van der Waals surface area contributed by atoms with E-state index in [-0.39, 0.29) is 17.9 Å². The first-order valence-corrected chi connectivity index (χ1v) is 11.3. The van der Waals surface area contributed by atoms with Crippen molar-refractivity contribution in [1.82, 2.24) is 5.32 Å². The van der Waals surface area contributed by atoms with Crippen molar-refractivity contribution >= 4 is 27.3 Å². The third-order valence-electron chi connectivity index (χ3n) is 5.98. The second kappa shape index (κ2) is 8.42. The Morgan fingerprint density at radius 1 is 0.900 bits per heavy atom. The Morgan fingerprint density at radius 3 is 2.13 bits per heavy atom. The van der Waals surface area contributed by atoms with Gasteiger partial charge in [0.2, 0.25) is 5.91 Å². The van der Waals surface area contributed by atoms with Gasteiger partial charge in [0, 0.05) is 20.7 Å². The topological polar surface area (TPSA) is 33.5 Å². The minimum absolute atomic E-state index is 0.0873. The van der Waals surface area contributed by atoms with Crippen molar-refractivity contribution in [2.75, 3.05) is 13.1 Å². The van der Waals surface area contributed by atoms with Crippen LogP contribution in [0.2, 0.25) is 0 Å². The van der Waals surface area contributed by atoms with Gasteiger partial charge in [0.25, 0.3) is 0 Å². The van der Waals surface area contributed by atoms with E-state index in [2.05, 4.69) is 96.3 Å². The molecule has 0 spiro atoms. The normalized spacial score (nSPS) is 18.3. The van der Waals surface area contributed by atoms with Gasteiger partial charge in [-0.2, -0.15) is 0 Å². The van der Waals surface area contributed by atoms with E-state index in [1.807, 2.05) is 0 Å². The Kier molecular flexibility index (Phi) is 5.35. The maximum atomic E-state index is 12.7. The van der Waals surface area contributed by atoms with Gasteiger partial charge in [-0.05, 0) is 17.5 Å². The molecule has 3 nitrogen and oxygen atoms in total. The Balaban J connectivity index is 1.23. The fourth-order valence-corrected chi connectivity index (χ4v) is 5.40. The molecule has 0 bridgehead atoms. The minimum atomic E-state index is 0.0873. The van der Waals surface area contributed by atoms with E-state index in [0.717, 1.165) is 13.1 Å². The zero-order valence-electron chi connectivity index (χ0n) is 16.8. The molecule has 1 aliphatic heterocycles. The zero-order valence-corrected chi connectivity index (χ0v) is 17.6. The summed E-state index contributed by atoms with van der Waals surface area (Å²) in [5.74, 6) is 0.264. The summed E-state index contributed by atoms with van der Waals surface area (Å²) in [5.41, 5.74) is 2.62. The molecule has 0 radical (unpaired) electrons. The lowest BCUT2D eigenvalue weighted by atomic mass is 9.90. The Labute approximate surface area is 181 Å². The maximum Gasteiger partial charge on any atom is 0.234 e. The van der Waals surface area contributed by atoms with E-state index in [0.29, 0.717) is 6.54 Å². The van der Waals surface area contributed by atoms with Crippen molar-refractivity contribution in [3.63, 3.8) is 0 Å². The summed E-state index contributed by atoms with van der Waals surface area (Å²) in [7, 11) is 0. The van der Waals surface area contributed by atoms with Gasteiger partial charge >= 0.3 is 0 Å². The van der Waals surface area contributed by atoms with Crippen molar-refractivity contribution < 1.29 is 9.69 Å². The average Bonchev–Trinajstić information content (AvgIpc) is 3.18. The van der Waals surface area contributed by atoms with Gasteiger partial charge in [0.15, 0.2) is 0 Å². The summed E-state index contributed by atoms with van der Waals surface area (Å²) < 4.78 is 1.27. The van der Waals surface area contributed by atoms with E-state index < -0.39 is 0 Å². The molecule has 150 valence electrons. The van der Waals surface area contributed by atoms with Crippen molar-refractivity contribution in [3.05, 3.63) is 107 Å². The van der Waals surface area contributed by atoms with E-state index in [4.69, 9.17) is 0 Å². The Hall–Kier alpha value is -2.95. The second-order valence-corrected chi connectivity index (χ2v) is 9.15. The van der Waals surface area contributed by atoms with E-state index in [9.17, 15) is 4.79 Å². The van der Waals surface area contributed by atoms with Gasteiger partial charge in [-0.3, -0.25) is 4.79 Å². The van der Waals surface area contributed by atoms with Gasteiger partial charge < -0.3 is 10.2 Å². The van der Waals surface area contributed by atoms with Crippen LogP contribution >= 0.6 is 11.3 Å². The lowest BCUT2D eigenvalue weighted by Gasteiger charge is -2.40. The van der Waals surface area contributed by atoms with Crippen LogP contribution < -0.4 is 10.2 Å². The summed E-state index contributed by atoms with van der Waals surface area (Å²) in [6.45, 7) is 2.35. The first-order valence-electron chi connectivity index (χ1n) is 10.5. The number of fused-ring (bicyclic) bond motifs is 1. The number of carbonyl (C=O) groups excluding carboxylic acids is 1. The molecule has 5 rings (SSSR count). The molecule has 30 heavy (non-hydrogen) atoms. The van der Waals surface area contributed by atoms with Crippen LogP contribution in [0.25, 0.3) is 10.1 Å². The third kappa shape index (κ3) is 3.89. The highest BCUT2D eigenvalue weighted by atomic mass is 32.1. The Bertz CT molecular complexity index is 1060. The SMILES string of the molecule is O=C(NCc1cc2ccccc2s1)C1C[NH+](C(c2ccccc2)c2ccccc2)C1. The molecule has 3 aromatic carbocycles. The van der Waals surface area contributed by atoms with Crippen molar-refractivity contribution in [2.24, 2.45) is 5.92 Å². The zero-order chi connectivity index (χ0) is 20.3. The average molecular weight is 414 g/mol. The molecule has 1 aliphatic rings. The second-order valence-electron chi connectivity index (χ2n) is 7.99. The minimum Gasteiger partial charge on any atom is -0.351 e. The predicted octanol–water partition coefficient (Wildman–Crippen LogP) is 3.82. The molecule has 1 saturated heterocycles. The largest absolute Gasteiger partial charge is 0.351 e. The van der Waals surface area contributed by atoms with Gasteiger partial charge in [-0.25, -0.2) is 0 Å². The highest BCUT2D eigenvalue weighted by Crippen LogP contribution is 2.25. The number of nitrogens with one attached hydrogen (secondary N) is 2. The maximum absolute atomic E-state index is 12.7. The van der Waals surface area contributed by atoms with Crippen LogP contribution in [0, 0.1) is 5.92 Å². The smallest absolute Gasteiger partial charge is 0.234 e. The highest BCUT2D eigenvalue weighted by molar-refractivity contribution is 7.19. The highest BCUT2D eigenvalue weighted by Gasteiger charge is 2.42. The molecule has 0 atom stereocenters. The standard InChI is InChI=1S/C26H24N2OS/c29-26(27-16-23-15-21-13-7-8-14-24(21)30-23)22-17-28(18-22)25(19-9-3-1-4-10-19)20-11-5-2-6-12-20/h1-15,22,25H,16-18H2,(H,27,29)/p+1. The van der Waals surface area contributed by atoms with Crippen LogP contribution in [0.1, 0.15) is 22.0 Å². The van der Waals surface area contributed by atoms with Crippen LogP contribution in [0.15, 0.2) is 91.0 Å². The van der Waals surface area contributed by atoms with Crippen molar-refractivity contribution in [1.29, 1.82) is 0 Å². The number of rotatable bonds is 6. The molecule has 2 heterocycles. The summed E-state index contributed by atoms with van der Waals surface area (Å²) in [5, 5.41) is 4.41. The van der Waals surface area contributed by atoms with Crippen LogP contribution in [-0.4, -0.2) is 19.0 Å². The monoisotopic (exact) mass is 413 g/mol. The number of hydrogen-bond donors (Lipinski definition) is 2. The molecule has 0 unspecified atom stereocenters. The van der Waals surface area contributed by atoms with Crippen molar-refractivity contribution in [2.45, 2.75) is 12.6 Å². The summed E-state index contributed by atoms with van der Waals surface area (Å²) in [6.07, 6.45) is 0. The summed E-state index contributed by atoms with van der Waals surface area (Å²) >= 11 is 1.76. The van der Waals surface area contributed by atoms with Gasteiger partial charge in [-0.15, -0.1) is 11.3 Å². The van der Waals surface area contributed by atoms with Crippen LogP contribution in [0.5, 0.6) is 0 Å².